The van der Waals surface area contributed by atoms with Gasteiger partial charge in [-0.1, -0.05) is 35.3 Å². The lowest BCUT2D eigenvalue weighted by atomic mass is 9.91. The van der Waals surface area contributed by atoms with E-state index < -0.39 is 0 Å². The second-order valence-electron chi connectivity index (χ2n) is 7.30. The van der Waals surface area contributed by atoms with E-state index in [2.05, 4.69) is 34.9 Å². The van der Waals surface area contributed by atoms with E-state index in [4.69, 9.17) is 28.9 Å². The maximum atomic E-state index is 6.47. The number of benzene rings is 1. The molecule has 0 saturated carbocycles. The number of piperidine rings is 1. The van der Waals surface area contributed by atoms with Gasteiger partial charge in [-0.15, -0.1) is 0 Å². The number of nitrogens with zero attached hydrogens (tertiary/aromatic N) is 4. The van der Waals surface area contributed by atoms with E-state index in [1.165, 1.54) is 0 Å². The lowest BCUT2D eigenvalue weighted by Crippen LogP contribution is -2.48. The first kappa shape index (κ1) is 17.6. The van der Waals surface area contributed by atoms with Gasteiger partial charge in [-0.25, -0.2) is 4.98 Å². The number of halogens is 2. The molecule has 0 radical (unpaired) electrons. The van der Waals surface area contributed by atoms with E-state index in [1.54, 1.807) is 12.4 Å². The predicted molar refractivity (Wildman–Crippen MR) is 107 cm³/mol. The Morgan fingerprint density at radius 1 is 1.19 bits per heavy atom. The van der Waals surface area contributed by atoms with Crippen LogP contribution in [0.1, 0.15) is 25.3 Å². The maximum absolute atomic E-state index is 6.47. The number of hydrogen-bond acceptors (Lipinski definition) is 4. The van der Waals surface area contributed by atoms with Gasteiger partial charge in [0, 0.05) is 29.8 Å². The molecular weight excluding hydrogens is 369 g/mol. The Balaban J connectivity index is 1.85. The Morgan fingerprint density at radius 2 is 1.92 bits per heavy atom. The van der Waals surface area contributed by atoms with Gasteiger partial charge in [-0.3, -0.25) is 0 Å². The van der Waals surface area contributed by atoms with Crippen molar-refractivity contribution in [3.05, 3.63) is 46.2 Å². The number of hydrogen-bond donors (Lipinski definition) is 1. The van der Waals surface area contributed by atoms with E-state index in [9.17, 15) is 0 Å². The van der Waals surface area contributed by atoms with Crippen LogP contribution in [0.4, 0.5) is 5.82 Å². The van der Waals surface area contributed by atoms with Gasteiger partial charge in [0.05, 0.1) is 10.0 Å². The minimum absolute atomic E-state index is 0.0960. The Morgan fingerprint density at radius 3 is 2.65 bits per heavy atom. The molecule has 7 heteroatoms. The highest BCUT2D eigenvalue weighted by Gasteiger charge is 2.28. The summed E-state index contributed by atoms with van der Waals surface area (Å²) in [6.07, 6.45) is 3.48. The monoisotopic (exact) mass is 389 g/mol. The van der Waals surface area contributed by atoms with E-state index in [1.807, 2.05) is 16.6 Å². The van der Waals surface area contributed by atoms with Gasteiger partial charge < -0.3 is 10.6 Å². The lowest BCUT2D eigenvalue weighted by Gasteiger charge is -2.38. The van der Waals surface area contributed by atoms with Crippen LogP contribution in [0.2, 0.25) is 10.0 Å². The fourth-order valence-electron chi connectivity index (χ4n) is 3.58. The van der Waals surface area contributed by atoms with Gasteiger partial charge in [0.25, 0.3) is 0 Å². The van der Waals surface area contributed by atoms with E-state index in [0.29, 0.717) is 10.0 Å². The second kappa shape index (κ2) is 6.41. The molecule has 2 aromatic heterocycles. The number of aryl methyl sites for hydroxylation is 1. The quantitative estimate of drug-likeness (QED) is 0.708. The van der Waals surface area contributed by atoms with Crippen molar-refractivity contribution in [3.63, 3.8) is 0 Å². The third-order valence-electron chi connectivity index (χ3n) is 5.18. The summed E-state index contributed by atoms with van der Waals surface area (Å²) in [7, 11) is 0. The normalized spacial score (nSPS) is 17.0. The van der Waals surface area contributed by atoms with Crippen molar-refractivity contribution in [1.82, 2.24) is 14.6 Å². The molecule has 2 N–H and O–H groups in total. The summed E-state index contributed by atoms with van der Waals surface area (Å²) in [5.41, 5.74) is 9.89. The molecule has 1 saturated heterocycles. The first-order valence-electron chi connectivity index (χ1n) is 8.69. The molecule has 1 aromatic carbocycles. The molecule has 0 atom stereocenters. The van der Waals surface area contributed by atoms with Gasteiger partial charge in [-0.05, 0) is 44.4 Å². The fraction of sp³-hybridized carbons (Fsp3) is 0.368. The average Bonchev–Trinajstić information content (AvgIpc) is 3.07. The Hall–Kier alpha value is -1.82. The molecule has 26 heavy (non-hydrogen) atoms. The van der Waals surface area contributed by atoms with Crippen LogP contribution >= 0.6 is 23.2 Å². The van der Waals surface area contributed by atoms with Crippen molar-refractivity contribution in [1.29, 1.82) is 0 Å². The zero-order valence-corrected chi connectivity index (χ0v) is 16.3. The zero-order chi connectivity index (χ0) is 18.5. The van der Waals surface area contributed by atoms with Crippen LogP contribution in [0, 0.1) is 6.92 Å². The average molecular weight is 390 g/mol. The zero-order valence-electron chi connectivity index (χ0n) is 14.8. The number of pyridine rings is 1. The second-order valence-corrected chi connectivity index (χ2v) is 8.08. The molecule has 136 valence electrons. The summed E-state index contributed by atoms with van der Waals surface area (Å²) in [6.45, 7) is 5.99. The summed E-state index contributed by atoms with van der Waals surface area (Å²) < 4.78 is 1.89. The Bertz CT molecular complexity index is 969. The van der Waals surface area contributed by atoms with Crippen molar-refractivity contribution in [3.8, 4) is 11.1 Å². The molecule has 0 aliphatic carbocycles. The highest BCUT2D eigenvalue weighted by molar-refractivity contribution is 6.43. The highest BCUT2D eigenvalue weighted by atomic mass is 35.5. The number of aromatic nitrogens is 3. The fourth-order valence-corrected chi connectivity index (χ4v) is 3.98. The standard InChI is InChI=1S/C19H21Cl2N5/c1-12-10-15(25-8-6-19(2,22)7-9-25)26-18(23-11-24-26)16(12)13-4-3-5-14(20)17(13)21/h3-5,10-11H,6-9,22H2,1-2H3. The van der Waals surface area contributed by atoms with Crippen LogP contribution in [0.25, 0.3) is 16.8 Å². The molecule has 0 spiro atoms. The van der Waals surface area contributed by atoms with Gasteiger partial charge in [0.2, 0.25) is 0 Å². The molecule has 1 fully saturated rings. The molecule has 0 amide bonds. The summed E-state index contributed by atoms with van der Waals surface area (Å²) in [5.74, 6) is 1.03. The summed E-state index contributed by atoms with van der Waals surface area (Å²) in [4.78, 5) is 6.84. The first-order chi connectivity index (χ1) is 12.4. The van der Waals surface area contributed by atoms with Crippen LogP contribution in [-0.4, -0.2) is 33.2 Å². The van der Waals surface area contributed by atoms with Gasteiger partial charge in [-0.2, -0.15) is 9.61 Å². The van der Waals surface area contributed by atoms with E-state index in [0.717, 1.165) is 54.1 Å². The minimum atomic E-state index is -0.0960. The number of anilines is 1. The topological polar surface area (TPSA) is 59.5 Å². The Kier molecular flexibility index (Phi) is 4.34. The largest absolute Gasteiger partial charge is 0.356 e. The smallest absolute Gasteiger partial charge is 0.165 e. The third-order valence-corrected chi connectivity index (χ3v) is 6.00. The van der Waals surface area contributed by atoms with Crippen molar-refractivity contribution in [2.24, 2.45) is 5.73 Å². The van der Waals surface area contributed by atoms with E-state index >= 15 is 0 Å². The van der Waals surface area contributed by atoms with Crippen LogP contribution in [0.15, 0.2) is 30.6 Å². The molecule has 3 aromatic rings. The number of rotatable bonds is 2. The number of fused-ring (bicyclic) bond motifs is 1. The maximum Gasteiger partial charge on any atom is 0.165 e. The highest BCUT2D eigenvalue weighted by Crippen LogP contribution is 2.38. The van der Waals surface area contributed by atoms with Gasteiger partial charge in [0.1, 0.15) is 12.1 Å². The van der Waals surface area contributed by atoms with Crippen LogP contribution < -0.4 is 10.6 Å². The SMILES string of the molecule is Cc1cc(N2CCC(C)(N)CC2)n2ncnc2c1-c1cccc(Cl)c1Cl. The van der Waals surface area contributed by atoms with E-state index in [-0.39, 0.29) is 5.54 Å². The summed E-state index contributed by atoms with van der Waals surface area (Å²) in [5, 5.41) is 5.53. The molecule has 4 rings (SSSR count). The van der Waals surface area contributed by atoms with Crippen LogP contribution in [0.3, 0.4) is 0 Å². The minimum Gasteiger partial charge on any atom is -0.356 e. The van der Waals surface area contributed by atoms with Crippen LogP contribution in [-0.2, 0) is 0 Å². The molecule has 1 aliphatic rings. The van der Waals surface area contributed by atoms with Crippen molar-refractivity contribution in [2.45, 2.75) is 32.2 Å². The molecule has 5 nitrogen and oxygen atoms in total. The predicted octanol–water partition coefficient (Wildman–Crippen LogP) is 4.33. The first-order valence-corrected chi connectivity index (χ1v) is 9.44. The molecule has 1 aliphatic heterocycles. The van der Waals surface area contributed by atoms with Crippen molar-refractivity contribution in [2.75, 3.05) is 18.0 Å². The van der Waals surface area contributed by atoms with Crippen molar-refractivity contribution < 1.29 is 0 Å². The van der Waals surface area contributed by atoms with Gasteiger partial charge >= 0.3 is 0 Å². The molecule has 0 bridgehead atoms. The van der Waals surface area contributed by atoms with Gasteiger partial charge in [0.15, 0.2) is 5.65 Å². The number of nitrogens with two attached hydrogens (primary N) is 1. The Labute approximate surface area is 162 Å². The molecule has 3 heterocycles. The molecule has 0 unspecified atom stereocenters. The van der Waals surface area contributed by atoms with Crippen molar-refractivity contribution >= 4 is 34.7 Å². The summed E-state index contributed by atoms with van der Waals surface area (Å²) in [6, 6.07) is 7.80. The third kappa shape index (κ3) is 2.94. The lowest BCUT2D eigenvalue weighted by molar-refractivity contribution is 0.362. The summed E-state index contributed by atoms with van der Waals surface area (Å²) >= 11 is 12.7. The molecular formula is C19H21Cl2N5. The van der Waals surface area contributed by atoms with Crippen LogP contribution in [0.5, 0.6) is 0 Å².